The van der Waals surface area contributed by atoms with Crippen LogP contribution in [0.15, 0.2) is 0 Å². The first-order chi connectivity index (χ1) is 16.8. The van der Waals surface area contributed by atoms with Crippen molar-refractivity contribution in [1.82, 2.24) is 0 Å². The third-order valence-corrected chi connectivity index (χ3v) is 7.59. The van der Waals surface area contributed by atoms with Gasteiger partial charge >= 0.3 is 0 Å². The first-order valence-corrected chi connectivity index (χ1v) is 13.7. The van der Waals surface area contributed by atoms with Gasteiger partial charge in [-0.2, -0.15) is 0 Å². The number of rotatable bonds is 20. The van der Waals surface area contributed by atoms with Crippen molar-refractivity contribution in [1.29, 1.82) is 0 Å². The largest absolute Gasteiger partial charge is 0.379 e. The average Bonchev–Trinajstić information content (AvgIpc) is 3.70. The van der Waals surface area contributed by atoms with E-state index in [1.807, 2.05) is 0 Å². The number of hydrogen-bond donors (Lipinski definition) is 0. The van der Waals surface area contributed by atoms with Crippen LogP contribution in [0.2, 0.25) is 0 Å². The minimum atomic E-state index is -0.241. The second-order valence-corrected chi connectivity index (χ2v) is 10.7. The quantitative estimate of drug-likeness (QED) is 0.193. The van der Waals surface area contributed by atoms with Crippen LogP contribution in [-0.2, 0) is 37.9 Å². The maximum absolute atomic E-state index is 6.64. The molecule has 5 rings (SSSR count). The fraction of sp³-hybridized carbons (Fsp3) is 1.00. The molecule has 0 spiro atoms. The Morgan fingerprint density at radius 1 is 0.676 bits per heavy atom. The predicted octanol–water partition coefficient (Wildman–Crippen LogP) is 3.04. The van der Waals surface area contributed by atoms with E-state index < -0.39 is 0 Å². The zero-order valence-electron chi connectivity index (χ0n) is 20.7. The normalized spacial score (nSPS) is 36.9. The van der Waals surface area contributed by atoms with Gasteiger partial charge in [-0.05, 0) is 38.5 Å². The summed E-state index contributed by atoms with van der Waals surface area (Å²) in [5, 5.41) is 0. The first-order valence-electron chi connectivity index (χ1n) is 13.7. The van der Waals surface area contributed by atoms with Crippen LogP contribution in [0.3, 0.4) is 0 Å². The molecule has 8 heteroatoms. The Morgan fingerprint density at radius 3 is 1.97 bits per heavy atom. The van der Waals surface area contributed by atoms with Gasteiger partial charge in [0.25, 0.3) is 0 Å². The van der Waals surface area contributed by atoms with Crippen LogP contribution in [0.5, 0.6) is 0 Å². The molecular formula is C26H44O8. The van der Waals surface area contributed by atoms with Crippen molar-refractivity contribution >= 4 is 0 Å². The lowest BCUT2D eigenvalue weighted by Gasteiger charge is -2.45. The molecule has 0 aromatic heterocycles. The molecule has 5 atom stereocenters. The Hall–Kier alpha value is -0.320. The van der Waals surface area contributed by atoms with Crippen LogP contribution in [0.1, 0.15) is 64.2 Å². The van der Waals surface area contributed by atoms with E-state index >= 15 is 0 Å². The van der Waals surface area contributed by atoms with Gasteiger partial charge in [-0.3, -0.25) is 0 Å². The van der Waals surface area contributed by atoms with Gasteiger partial charge in [-0.1, -0.05) is 25.7 Å². The Bertz CT molecular complexity index is 579. The summed E-state index contributed by atoms with van der Waals surface area (Å²) in [5.74, 6) is 0. The highest BCUT2D eigenvalue weighted by atomic mass is 16.6. The summed E-state index contributed by atoms with van der Waals surface area (Å²) >= 11 is 0. The lowest BCUT2D eigenvalue weighted by Crippen LogP contribution is -2.51. The Kier molecular flexibility index (Phi) is 9.52. The fourth-order valence-corrected chi connectivity index (χ4v) is 4.97. The molecule has 1 aliphatic carbocycles. The monoisotopic (exact) mass is 484 g/mol. The fourth-order valence-electron chi connectivity index (χ4n) is 4.97. The Labute approximate surface area is 204 Å². The SMILES string of the molecule is C(CCCOCC1CO1)CCCC(OCC1CO1)C1(OCC2CO2)CCC(OCC2CO2)CC1. The highest BCUT2D eigenvalue weighted by Crippen LogP contribution is 2.40. The third kappa shape index (κ3) is 8.96. The van der Waals surface area contributed by atoms with E-state index in [1.54, 1.807) is 0 Å². The van der Waals surface area contributed by atoms with Crippen molar-refractivity contribution in [3.05, 3.63) is 0 Å². The highest BCUT2D eigenvalue weighted by molar-refractivity contribution is 4.96. The lowest BCUT2D eigenvalue weighted by molar-refractivity contribution is -0.180. The van der Waals surface area contributed by atoms with Crippen molar-refractivity contribution in [3.8, 4) is 0 Å². The van der Waals surface area contributed by atoms with E-state index in [4.69, 9.17) is 37.9 Å². The molecule has 0 radical (unpaired) electrons. The van der Waals surface area contributed by atoms with Crippen LogP contribution in [0, 0.1) is 0 Å². The topological polar surface area (TPSA) is 87.0 Å². The molecular weight excluding hydrogens is 440 g/mol. The average molecular weight is 485 g/mol. The minimum Gasteiger partial charge on any atom is -0.379 e. The second-order valence-electron chi connectivity index (χ2n) is 10.7. The van der Waals surface area contributed by atoms with E-state index in [0.29, 0.717) is 31.5 Å². The molecule has 0 aromatic rings. The van der Waals surface area contributed by atoms with Gasteiger partial charge in [0.1, 0.15) is 24.4 Å². The molecule has 5 fully saturated rings. The van der Waals surface area contributed by atoms with Gasteiger partial charge in [0.05, 0.1) is 70.7 Å². The zero-order valence-corrected chi connectivity index (χ0v) is 20.7. The van der Waals surface area contributed by atoms with Crippen LogP contribution in [0.25, 0.3) is 0 Å². The number of epoxide rings is 4. The molecule has 5 aliphatic rings. The van der Waals surface area contributed by atoms with Gasteiger partial charge in [-0.25, -0.2) is 0 Å². The van der Waals surface area contributed by atoms with Gasteiger partial charge in [0, 0.05) is 6.61 Å². The summed E-state index contributed by atoms with van der Waals surface area (Å²) in [6, 6.07) is 0. The van der Waals surface area contributed by atoms with Crippen LogP contribution in [0.4, 0.5) is 0 Å². The van der Waals surface area contributed by atoms with Gasteiger partial charge in [0.2, 0.25) is 0 Å². The standard InChI is InChI=1S/C26H44O8/c1(3-5-11-27-12-21-13-29-21)2-4-6-25(33-18-23-16-31-23)26(34-19-24-17-32-24)9-7-20(8-10-26)28-14-22-15-30-22/h20-25H,1-19H2. The molecule has 0 N–H and O–H groups in total. The maximum Gasteiger partial charge on any atom is 0.104 e. The highest BCUT2D eigenvalue weighted by Gasteiger charge is 2.46. The smallest absolute Gasteiger partial charge is 0.104 e. The summed E-state index contributed by atoms with van der Waals surface area (Å²) in [6.07, 6.45) is 12.6. The van der Waals surface area contributed by atoms with E-state index in [-0.39, 0.29) is 23.9 Å². The van der Waals surface area contributed by atoms with Crippen molar-refractivity contribution in [2.24, 2.45) is 0 Å². The second kappa shape index (κ2) is 12.8. The minimum absolute atomic E-state index is 0.102. The van der Waals surface area contributed by atoms with Gasteiger partial charge in [-0.15, -0.1) is 0 Å². The molecule has 8 nitrogen and oxygen atoms in total. The van der Waals surface area contributed by atoms with Crippen LogP contribution >= 0.6 is 0 Å². The predicted molar refractivity (Wildman–Crippen MR) is 124 cm³/mol. The molecule has 34 heavy (non-hydrogen) atoms. The van der Waals surface area contributed by atoms with E-state index in [9.17, 15) is 0 Å². The molecule has 0 aromatic carbocycles. The van der Waals surface area contributed by atoms with Gasteiger partial charge < -0.3 is 37.9 Å². The molecule has 5 unspecified atom stereocenters. The number of unbranched alkanes of at least 4 members (excludes halogenated alkanes) is 4. The Balaban J connectivity index is 1.05. The van der Waals surface area contributed by atoms with Crippen molar-refractivity contribution < 1.29 is 37.9 Å². The molecule has 196 valence electrons. The Morgan fingerprint density at radius 2 is 1.26 bits per heavy atom. The number of hydrogen-bond acceptors (Lipinski definition) is 8. The summed E-state index contributed by atoms with van der Waals surface area (Å²) in [4.78, 5) is 0. The van der Waals surface area contributed by atoms with Crippen molar-refractivity contribution in [2.45, 2.75) is 106 Å². The van der Waals surface area contributed by atoms with Gasteiger partial charge in [0.15, 0.2) is 0 Å². The summed E-state index contributed by atoms with van der Waals surface area (Å²) in [6.45, 7) is 7.06. The summed E-state index contributed by atoms with van der Waals surface area (Å²) in [7, 11) is 0. The van der Waals surface area contributed by atoms with E-state index in [2.05, 4.69) is 0 Å². The first kappa shape index (κ1) is 25.3. The molecule has 4 aliphatic heterocycles. The maximum atomic E-state index is 6.64. The molecule has 0 amide bonds. The number of ether oxygens (including phenoxy) is 8. The lowest BCUT2D eigenvalue weighted by atomic mass is 9.77. The molecule has 4 heterocycles. The molecule has 4 saturated heterocycles. The third-order valence-electron chi connectivity index (χ3n) is 7.59. The molecule has 0 bridgehead atoms. The van der Waals surface area contributed by atoms with E-state index in [0.717, 1.165) is 91.2 Å². The summed E-state index contributed by atoms with van der Waals surface area (Å²) < 4.78 is 46.3. The van der Waals surface area contributed by atoms with Crippen LogP contribution in [-0.4, -0.2) is 102 Å². The van der Waals surface area contributed by atoms with Crippen molar-refractivity contribution in [3.63, 3.8) is 0 Å². The zero-order chi connectivity index (χ0) is 23.1. The summed E-state index contributed by atoms with van der Waals surface area (Å²) in [5.41, 5.74) is -0.241. The molecule has 1 saturated carbocycles. The van der Waals surface area contributed by atoms with Crippen LogP contribution < -0.4 is 0 Å². The van der Waals surface area contributed by atoms with Crippen molar-refractivity contribution in [2.75, 3.05) is 59.5 Å². The van der Waals surface area contributed by atoms with E-state index in [1.165, 1.54) is 19.3 Å².